The van der Waals surface area contributed by atoms with E-state index in [1.807, 2.05) is 49.0 Å². The zero-order chi connectivity index (χ0) is 21.1. The van der Waals surface area contributed by atoms with Crippen molar-refractivity contribution in [1.29, 1.82) is 0 Å². The molecule has 2 aromatic heterocycles. The summed E-state index contributed by atoms with van der Waals surface area (Å²) >= 11 is 6.18. The van der Waals surface area contributed by atoms with Crippen LogP contribution in [0.4, 0.5) is 0 Å². The van der Waals surface area contributed by atoms with E-state index < -0.39 is 0 Å². The van der Waals surface area contributed by atoms with E-state index in [1.165, 1.54) is 5.56 Å². The summed E-state index contributed by atoms with van der Waals surface area (Å²) in [5.41, 5.74) is 4.59. The van der Waals surface area contributed by atoms with Gasteiger partial charge in [-0.1, -0.05) is 29.8 Å². The Labute approximate surface area is 182 Å². The van der Waals surface area contributed by atoms with Gasteiger partial charge in [-0.2, -0.15) is 5.10 Å². The van der Waals surface area contributed by atoms with Crippen molar-refractivity contribution in [3.8, 4) is 5.82 Å². The van der Waals surface area contributed by atoms with E-state index in [-0.39, 0.29) is 5.41 Å². The first-order valence-corrected chi connectivity index (χ1v) is 10.6. The zero-order valence-corrected chi connectivity index (χ0v) is 18.4. The minimum atomic E-state index is 0.158. The van der Waals surface area contributed by atoms with Gasteiger partial charge in [0.15, 0.2) is 11.8 Å². The standard InChI is InChI=1S/C23H27ClN6/c1-16-11-17(2)30(29-16)21-8-7-18(13-26-21)14-27-22(25-3)28-15-23(9-10-23)19-5-4-6-20(24)12-19/h4-8,11-13H,9-10,14-15H2,1-3H3,(H2,25,27,28). The molecule has 0 bridgehead atoms. The highest BCUT2D eigenvalue weighted by atomic mass is 35.5. The average Bonchev–Trinajstić information content (AvgIpc) is 3.46. The predicted octanol–water partition coefficient (Wildman–Crippen LogP) is 3.93. The van der Waals surface area contributed by atoms with Crippen molar-refractivity contribution in [3.05, 3.63) is 76.2 Å². The first kappa shape index (κ1) is 20.4. The number of halogens is 1. The second kappa shape index (κ2) is 8.48. The molecule has 0 unspecified atom stereocenters. The normalized spacial score (nSPS) is 15.1. The van der Waals surface area contributed by atoms with Gasteiger partial charge in [0.1, 0.15) is 0 Å². The summed E-state index contributed by atoms with van der Waals surface area (Å²) in [6.45, 7) is 5.50. The number of nitrogens with zero attached hydrogens (tertiary/aromatic N) is 4. The van der Waals surface area contributed by atoms with Crippen molar-refractivity contribution >= 4 is 17.6 Å². The maximum absolute atomic E-state index is 6.18. The smallest absolute Gasteiger partial charge is 0.191 e. The summed E-state index contributed by atoms with van der Waals surface area (Å²) in [7, 11) is 1.79. The van der Waals surface area contributed by atoms with Crippen LogP contribution in [0.2, 0.25) is 5.02 Å². The van der Waals surface area contributed by atoms with E-state index in [9.17, 15) is 0 Å². The van der Waals surface area contributed by atoms with Gasteiger partial charge >= 0.3 is 0 Å². The molecule has 0 saturated heterocycles. The minimum Gasteiger partial charge on any atom is -0.356 e. The Morgan fingerprint density at radius 2 is 2.00 bits per heavy atom. The van der Waals surface area contributed by atoms with Gasteiger partial charge in [0.2, 0.25) is 0 Å². The second-order valence-electron chi connectivity index (χ2n) is 7.93. The van der Waals surface area contributed by atoms with Gasteiger partial charge in [0, 0.05) is 42.5 Å². The number of pyridine rings is 1. The summed E-state index contributed by atoms with van der Waals surface area (Å²) in [5.74, 6) is 1.61. The van der Waals surface area contributed by atoms with Crippen LogP contribution in [0.25, 0.3) is 5.82 Å². The van der Waals surface area contributed by atoms with Gasteiger partial charge in [-0.05, 0) is 62.1 Å². The molecule has 1 fully saturated rings. The van der Waals surface area contributed by atoms with E-state index >= 15 is 0 Å². The van der Waals surface area contributed by atoms with Crippen LogP contribution in [0.3, 0.4) is 0 Å². The number of rotatable bonds is 6. The molecule has 1 aromatic carbocycles. The summed E-state index contributed by atoms with van der Waals surface area (Å²) in [4.78, 5) is 8.92. The number of guanidine groups is 1. The van der Waals surface area contributed by atoms with Crippen LogP contribution >= 0.6 is 11.6 Å². The van der Waals surface area contributed by atoms with E-state index in [1.54, 1.807) is 7.05 Å². The first-order valence-electron chi connectivity index (χ1n) is 10.2. The molecular weight excluding hydrogens is 396 g/mol. The van der Waals surface area contributed by atoms with Crippen molar-refractivity contribution < 1.29 is 0 Å². The Bertz CT molecular complexity index is 1050. The van der Waals surface area contributed by atoms with Crippen LogP contribution in [-0.4, -0.2) is 34.3 Å². The number of hydrogen-bond donors (Lipinski definition) is 2. The number of aryl methyl sites for hydroxylation is 2. The number of aliphatic imine (C=N–C) groups is 1. The topological polar surface area (TPSA) is 67.1 Å². The summed E-state index contributed by atoms with van der Waals surface area (Å²) in [6.07, 6.45) is 4.20. The lowest BCUT2D eigenvalue weighted by molar-refractivity contribution is 0.645. The fraction of sp³-hybridized carbons (Fsp3) is 0.348. The SMILES string of the molecule is CN=C(NCc1ccc(-n2nc(C)cc2C)nc1)NCC1(c2cccc(Cl)c2)CC1. The molecule has 0 aliphatic heterocycles. The van der Waals surface area contributed by atoms with Crippen LogP contribution in [-0.2, 0) is 12.0 Å². The van der Waals surface area contributed by atoms with Crippen LogP contribution in [0, 0.1) is 13.8 Å². The van der Waals surface area contributed by atoms with Gasteiger partial charge in [-0.25, -0.2) is 9.67 Å². The monoisotopic (exact) mass is 422 g/mol. The largest absolute Gasteiger partial charge is 0.356 e. The van der Waals surface area contributed by atoms with Crippen molar-refractivity contribution in [2.24, 2.45) is 4.99 Å². The molecular formula is C23H27ClN6. The number of aromatic nitrogens is 3. The Balaban J connectivity index is 1.33. The summed E-state index contributed by atoms with van der Waals surface area (Å²) < 4.78 is 1.86. The van der Waals surface area contributed by atoms with Gasteiger partial charge < -0.3 is 10.6 Å². The predicted molar refractivity (Wildman–Crippen MR) is 121 cm³/mol. The van der Waals surface area contributed by atoms with Gasteiger partial charge in [0.05, 0.1) is 5.69 Å². The second-order valence-corrected chi connectivity index (χ2v) is 8.37. The molecule has 6 nitrogen and oxygen atoms in total. The van der Waals surface area contributed by atoms with E-state index in [4.69, 9.17) is 11.6 Å². The van der Waals surface area contributed by atoms with Gasteiger partial charge in [-0.15, -0.1) is 0 Å². The molecule has 1 aliphatic rings. The molecule has 2 heterocycles. The fourth-order valence-corrected chi connectivity index (χ4v) is 3.89. The van der Waals surface area contributed by atoms with Crippen LogP contribution in [0.1, 0.15) is 35.4 Å². The Morgan fingerprint density at radius 1 is 1.17 bits per heavy atom. The molecule has 0 amide bonds. The van der Waals surface area contributed by atoms with E-state index in [0.29, 0.717) is 6.54 Å². The average molecular weight is 423 g/mol. The van der Waals surface area contributed by atoms with Crippen molar-refractivity contribution in [3.63, 3.8) is 0 Å². The molecule has 7 heteroatoms. The summed E-state index contributed by atoms with van der Waals surface area (Å²) in [6, 6.07) is 14.3. The molecule has 0 spiro atoms. The van der Waals surface area contributed by atoms with E-state index in [2.05, 4.69) is 43.9 Å². The molecule has 0 atom stereocenters. The molecule has 1 saturated carbocycles. The summed E-state index contributed by atoms with van der Waals surface area (Å²) in [5, 5.41) is 12.1. The highest BCUT2D eigenvalue weighted by Crippen LogP contribution is 2.48. The number of hydrogen-bond acceptors (Lipinski definition) is 3. The van der Waals surface area contributed by atoms with Crippen LogP contribution in [0.5, 0.6) is 0 Å². The lowest BCUT2D eigenvalue weighted by Gasteiger charge is -2.19. The quantitative estimate of drug-likeness (QED) is 0.466. The number of benzene rings is 1. The number of nitrogens with one attached hydrogen (secondary N) is 2. The molecule has 2 N–H and O–H groups in total. The van der Waals surface area contributed by atoms with Crippen LogP contribution in [0.15, 0.2) is 53.7 Å². The third kappa shape index (κ3) is 4.49. The minimum absolute atomic E-state index is 0.158. The molecule has 0 radical (unpaired) electrons. The van der Waals surface area contributed by atoms with Crippen LogP contribution < -0.4 is 10.6 Å². The zero-order valence-electron chi connectivity index (χ0n) is 17.6. The Hall–Kier alpha value is -2.86. The Kier molecular flexibility index (Phi) is 5.77. The maximum atomic E-state index is 6.18. The molecule has 1 aliphatic carbocycles. The molecule has 30 heavy (non-hydrogen) atoms. The first-order chi connectivity index (χ1) is 14.5. The Morgan fingerprint density at radius 3 is 2.60 bits per heavy atom. The molecule has 3 aromatic rings. The van der Waals surface area contributed by atoms with Crippen molar-refractivity contribution in [1.82, 2.24) is 25.4 Å². The van der Waals surface area contributed by atoms with Gasteiger partial charge in [0.25, 0.3) is 0 Å². The van der Waals surface area contributed by atoms with E-state index in [0.717, 1.165) is 53.1 Å². The lowest BCUT2D eigenvalue weighted by Crippen LogP contribution is -2.40. The maximum Gasteiger partial charge on any atom is 0.191 e. The highest BCUT2D eigenvalue weighted by Gasteiger charge is 2.44. The van der Waals surface area contributed by atoms with Crippen molar-refractivity contribution in [2.45, 2.75) is 38.6 Å². The third-order valence-corrected chi connectivity index (χ3v) is 5.84. The molecule has 4 rings (SSSR count). The van der Waals surface area contributed by atoms with Gasteiger partial charge in [-0.3, -0.25) is 4.99 Å². The fourth-order valence-electron chi connectivity index (χ4n) is 3.70. The lowest BCUT2D eigenvalue weighted by atomic mass is 9.96. The molecule has 156 valence electrons. The highest BCUT2D eigenvalue weighted by molar-refractivity contribution is 6.30. The third-order valence-electron chi connectivity index (χ3n) is 5.60. The van der Waals surface area contributed by atoms with Crippen molar-refractivity contribution in [2.75, 3.05) is 13.6 Å².